The van der Waals surface area contributed by atoms with Gasteiger partial charge in [0.25, 0.3) is 0 Å². The molecule has 4 nitrogen and oxygen atoms in total. The van der Waals surface area contributed by atoms with Gasteiger partial charge in [0.2, 0.25) is 0 Å². The summed E-state index contributed by atoms with van der Waals surface area (Å²) in [5.41, 5.74) is 7.39. The second kappa shape index (κ2) is 6.68. The molecule has 1 saturated heterocycles. The standard InChI is InChI=1S/C15H22N2O2/c1-2-19-15(18)13-8-9-17(11-14(13)16)10-12-6-4-3-5-7-12/h3-7,13-14H,2,8-11,16H2,1H3/t13-,14-/m1/s1. The van der Waals surface area contributed by atoms with Crippen molar-refractivity contribution in [3.05, 3.63) is 35.9 Å². The fraction of sp³-hybridized carbons (Fsp3) is 0.533. The van der Waals surface area contributed by atoms with Crippen molar-refractivity contribution >= 4 is 5.97 Å². The molecule has 104 valence electrons. The van der Waals surface area contributed by atoms with Crippen LogP contribution in [0.4, 0.5) is 0 Å². The van der Waals surface area contributed by atoms with E-state index in [1.165, 1.54) is 5.56 Å². The van der Waals surface area contributed by atoms with Crippen molar-refractivity contribution in [2.45, 2.75) is 25.9 Å². The Hall–Kier alpha value is -1.39. The van der Waals surface area contributed by atoms with Crippen LogP contribution in [0.25, 0.3) is 0 Å². The first-order valence-electron chi connectivity index (χ1n) is 6.89. The summed E-state index contributed by atoms with van der Waals surface area (Å²) in [6.07, 6.45) is 0.785. The second-order valence-electron chi connectivity index (χ2n) is 5.03. The molecule has 19 heavy (non-hydrogen) atoms. The number of ether oxygens (including phenoxy) is 1. The maximum atomic E-state index is 11.8. The zero-order valence-corrected chi connectivity index (χ0v) is 11.4. The summed E-state index contributed by atoms with van der Waals surface area (Å²) in [6, 6.07) is 10.2. The van der Waals surface area contributed by atoms with Gasteiger partial charge < -0.3 is 10.5 Å². The number of piperidine rings is 1. The number of nitrogens with two attached hydrogens (primary N) is 1. The van der Waals surface area contributed by atoms with Crippen LogP contribution < -0.4 is 5.73 Å². The summed E-state index contributed by atoms with van der Waals surface area (Å²) in [5.74, 6) is -0.290. The molecule has 0 aromatic heterocycles. The first kappa shape index (κ1) is 14.0. The highest BCUT2D eigenvalue weighted by atomic mass is 16.5. The molecule has 0 aliphatic carbocycles. The van der Waals surface area contributed by atoms with Crippen LogP contribution in [0.2, 0.25) is 0 Å². The molecule has 0 unspecified atom stereocenters. The van der Waals surface area contributed by atoms with E-state index in [1.54, 1.807) is 0 Å². The van der Waals surface area contributed by atoms with Gasteiger partial charge in [0, 0.05) is 19.1 Å². The van der Waals surface area contributed by atoms with Gasteiger partial charge >= 0.3 is 5.97 Å². The number of nitrogens with zero attached hydrogens (tertiary/aromatic N) is 1. The smallest absolute Gasteiger partial charge is 0.310 e. The van der Waals surface area contributed by atoms with Crippen LogP contribution in [-0.2, 0) is 16.1 Å². The Labute approximate surface area is 114 Å². The number of likely N-dealkylation sites (tertiary alicyclic amines) is 1. The number of carbonyl (C=O) groups is 1. The third-order valence-electron chi connectivity index (χ3n) is 3.58. The molecular formula is C15H22N2O2. The quantitative estimate of drug-likeness (QED) is 0.833. The number of benzene rings is 1. The lowest BCUT2D eigenvalue weighted by Crippen LogP contribution is -2.51. The van der Waals surface area contributed by atoms with Gasteiger partial charge in [-0.1, -0.05) is 30.3 Å². The van der Waals surface area contributed by atoms with Crippen molar-refractivity contribution < 1.29 is 9.53 Å². The fourth-order valence-electron chi connectivity index (χ4n) is 2.58. The summed E-state index contributed by atoms with van der Waals surface area (Å²) in [7, 11) is 0. The van der Waals surface area contributed by atoms with Crippen LogP contribution in [0, 0.1) is 5.92 Å². The van der Waals surface area contributed by atoms with Crippen molar-refractivity contribution in [3.63, 3.8) is 0 Å². The average Bonchev–Trinajstić information content (AvgIpc) is 2.40. The van der Waals surface area contributed by atoms with Crippen molar-refractivity contribution in [2.75, 3.05) is 19.7 Å². The number of hydrogen-bond donors (Lipinski definition) is 1. The number of hydrogen-bond acceptors (Lipinski definition) is 4. The zero-order valence-electron chi connectivity index (χ0n) is 11.4. The van der Waals surface area contributed by atoms with E-state index in [1.807, 2.05) is 25.1 Å². The van der Waals surface area contributed by atoms with E-state index < -0.39 is 0 Å². The van der Waals surface area contributed by atoms with Crippen LogP contribution >= 0.6 is 0 Å². The van der Waals surface area contributed by atoms with Gasteiger partial charge in [-0.15, -0.1) is 0 Å². The van der Waals surface area contributed by atoms with Crippen LogP contribution in [-0.4, -0.2) is 36.6 Å². The Morgan fingerprint density at radius 2 is 2.16 bits per heavy atom. The first-order chi connectivity index (χ1) is 9.20. The van der Waals surface area contributed by atoms with Crippen LogP contribution in [0.5, 0.6) is 0 Å². The normalized spacial score (nSPS) is 24.1. The van der Waals surface area contributed by atoms with Gasteiger partial charge in [-0.3, -0.25) is 9.69 Å². The predicted molar refractivity (Wildman–Crippen MR) is 74.4 cm³/mol. The van der Waals surface area contributed by atoms with E-state index in [0.29, 0.717) is 6.61 Å². The average molecular weight is 262 g/mol. The summed E-state index contributed by atoms with van der Waals surface area (Å²) in [5, 5.41) is 0. The summed E-state index contributed by atoms with van der Waals surface area (Å²) in [4.78, 5) is 14.1. The van der Waals surface area contributed by atoms with E-state index in [2.05, 4.69) is 17.0 Å². The highest BCUT2D eigenvalue weighted by molar-refractivity contribution is 5.73. The topological polar surface area (TPSA) is 55.6 Å². The molecule has 1 aromatic rings. The van der Waals surface area contributed by atoms with Crippen molar-refractivity contribution in [1.82, 2.24) is 4.90 Å². The van der Waals surface area contributed by atoms with E-state index in [4.69, 9.17) is 10.5 Å². The lowest BCUT2D eigenvalue weighted by atomic mass is 9.92. The number of esters is 1. The van der Waals surface area contributed by atoms with Crippen LogP contribution in [0.1, 0.15) is 18.9 Å². The lowest BCUT2D eigenvalue weighted by Gasteiger charge is -2.35. The monoisotopic (exact) mass is 262 g/mol. The molecule has 1 fully saturated rings. The number of carbonyl (C=O) groups excluding carboxylic acids is 1. The molecule has 0 spiro atoms. The maximum absolute atomic E-state index is 11.8. The van der Waals surface area contributed by atoms with E-state index in [0.717, 1.165) is 26.1 Å². The van der Waals surface area contributed by atoms with Gasteiger partial charge in [0.05, 0.1) is 12.5 Å². The Balaban J connectivity index is 1.88. The summed E-state index contributed by atoms with van der Waals surface area (Å²) in [6.45, 7) is 4.79. The molecule has 2 N–H and O–H groups in total. The van der Waals surface area contributed by atoms with E-state index in [9.17, 15) is 4.79 Å². The molecule has 2 atom stereocenters. The Morgan fingerprint density at radius 3 is 2.79 bits per heavy atom. The largest absolute Gasteiger partial charge is 0.466 e. The minimum atomic E-state index is -0.146. The molecule has 2 rings (SSSR count). The molecule has 1 aliphatic heterocycles. The van der Waals surface area contributed by atoms with Gasteiger partial charge in [-0.2, -0.15) is 0 Å². The SMILES string of the molecule is CCOC(=O)[C@@H]1CCN(Cc2ccccc2)C[C@H]1N. The fourth-order valence-corrected chi connectivity index (χ4v) is 2.58. The lowest BCUT2D eigenvalue weighted by molar-refractivity contribution is -0.150. The van der Waals surface area contributed by atoms with Crippen molar-refractivity contribution in [2.24, 2.45) is 11.7 Å². The third-order valence-corrected chi connectivity index (χ3v) is 3.58. The second-order valence-corrected chi connectivity index (χ2v) is 5.03. The van der Waals surface area contributed by atoms with Gasteiger partial charge in [0.1, 0.15) is 0 Å². The molecular weight excluding hydrogens is 240 g/mol. The molecule has 0 amide bonds. The van der Waals surface area contributed by atoms with Crippen molar-refractivity contribution in [3.8, 4) is 0 Å². The minimum Gasteiger partial charge on any atom is -0.466 e. The third kappa shape index (κ3) is 3.78. The molecule has 0 saturated carbocycles. The van der Waals surface area contributed by atoms with E-state index in [-0.39, 0.29) is 17.9 Å². The van der Waals surface area contributed by atoms with Crippen molar-refractivity contribution in [1.29, 1.82) is 0 Å². The Morgan fingerprint density at radius 1 is 1.42 bits per heavy atom. The van der Waals surface area contributed by atoms with Gasteiger partial charge in [0.15, 0.2) is 0 Å². The molecule has 0 radical (unpaired) electrons. The van der Waals surface area contributed by atoms with Crippen LogP contribution in [0.15, 0.2) is 30.3 Å². The first-order valence-corrected chi connectivity index (χ1v) is 6.89. The summed E-state index contributed by atoms with van der Waals surface area (Å²) < 4.78 is 5.07. The highest BCUT2D eigenvalue weighted by Crippen LogP contribution is 2.19. The zero-order chi connectivity index (χ0) is 13.7. The molecule has 1 heterocycles. The molecule has 4 heteroatoms. The number of rotatable bonds is 4. The Bertz CT molecular complexity index is 408. The van der Waals surface area contributed by atoms with Gasteiger partial charge in [-0.05, 0) is 25.5 Å². The molecule has 1 aromatic carbocycles. The van der Waals surface area contributed by atoms with Gasteiger partial charge in [-0.25, -0.2) is 0 Å². The predicted octanol–water partition coefficient (Wildman–Crippen LogP) is 1.40. The maximum Gasteiger partial charge on any atom is 0.310 e. The Kier molecular flexibility index (Phi) is 4.93. The van der Waals surface area contributed by atoms with E-state index >= 15 is 0 Å². The summed E-state index contributed by atoms with van der Waals surface area (Å²) >= 11 is 0. The highest BCUT2D eigenvalue weighted by Gasteiger charge is 2.32. The molecule has 1 aliphatic rings. The minimum absolute atomic E-state index is 0.128. The van der Waals surface area contributed by atoms with Crippen LogP contribution in [0.3, 0.4) is 0 Å². The molecule has 0 bridgehead atoms.